The van der Waals surface area contributed by atoms with E-state index in [9.17, 15) is 0 Å². The van der Waals surface area contributed by atoms with Crippen molar-refractivity contribution in [2.45, 2.75) is 19.3 Å². The minimum absolute atomic E-state index is 0.958. The van der Waals surface area contributed by atoms with E-state index >= 15 is 0 Å². The summed E-state index contributed by atoms with van der Waals surface area (Å²) in [6, 6.07) is 0. The van der Waals surface area contributed by atoms with Gasteiger partial charge in [-0.3, -0.25) is 0 Å². The van der Waals surface area contributed by atoms with Gasteiger partial charge in [0, 0.05) is 0 Å². The lowest BCUT2D eigenvalue weighted by molar-refractivity contribution is 0.877. The van der Waals surface area contributed by atoms with Crippen LogP contribution in [0.15, 0.2) is 16.9 Å². The third-order valence-corrected chi connectivity index (χ3v) is 1.16. The molecule has 0 fully saturated rings. The zero-order chi connectivity index (χ0) is 5.11. The van der Waals surface area contributed by atoms with Crippen molar-refractivity contribution in [1.29, 1.82) is 5.53 Å². The summed E-state index contributed by atoms with van der Waals surface area (Å²) in [5.41, 5.74) is 7.51. The van der Waals surface area contributed by atoms with Crippen LogP contribution in [0.3, 0.4) is 0 Å². The molecule has 0 saturated heterocycles. The molecule has 1 aliphatic rings. The molecule has 0 saturated carbocycles. The van der Waals surface area contributed by atoms with Gasteiger partial charge in [-0.15, -0.1) is 0 Å². The Kier molecular flexibility index (Phi) is 1.20. The Balaban J connectivity index is 2.51. The van der Waals surface area contributed by atoms with E-state index in [-0.39, 0.29) is 0 Å². The maximum Gasteiger partial charge on any atom is 0.0584 e. The molecule has 0 amide bonds. The van der Waals surface area contributed by atoms with E-state index in [4.69, 9.17) is 5.53 Å². The summed E-state index contributed by atoms with van der Waals surface area (Å²) < 4.78 is 0. The quantitative estimate of drug-likeness (QED) is 0.485. The summed E-state index contributed by atoms with van der Waals surface area (Å²) in [5.74, 6) is 0. The van der Waals surface area contributed by atoms with E-state index in [1.54, 1.807) is 0 Å². The maximum atomic E-state index is 6.56. The molecule has 0 bridgehead atoms. The highest BCUT2D eigenvalue weighted by molar-refractivity contribution is 5.03. The molecule has 0 aromatic heterocycles. The summed E-state index contributed by atoms with van der Waals surface area (Å²) in [5, 5.41) is 3.30. The molecular formula is C5H8N2. The van der Waals surface area contributed by atoms with Crippen LogP contribution in [0, 0.1) is 5.53 Å². The zero-order valence-electron chi connectivity index (χ0n) is 4.15. The Labute approximate surface area is 42.7 Å². The highest BCUT2D eigenvalue weighted by atomic mass is 15.0. The fourth-order valence-corrected chi connectivity index (χ4v) is 0.755. The molecule has 1 N–H and O–H groups in total. The molecule has 0 unspecified atom stereocenters. The van der Waals surface area contributed by atoms with Crippen LogP contribution in [0.1, 0.15) is 19.3 Å². The predicted octanol–water partition coefficient (Wildman–Crippen LogP) is 2.09. The number of allylic oxidation sites excluding steroid dienone is 2. The fourth-order valence-electron chi connectivity index (χ4n) is 0.755. The largest absolute Gasteiger partial charge is 0.205 e. The number of rotatable bonds is 1. The summed E-state index contributed by atoms with van der Waals surface area (Å²) in [4.78, 5) is 0. The van der Waals surface area contributed by atoms with Gasteiger partial charge in [0.1, 0.15) is 0 Å². The Bertz CT molecular complexity index is 105. The Hall–Kier alpha value is -0.660. The molecule has 0 heterocycles. The minimum Gasteiger partial charge on any atom is -0.205 e. The summed E-state index contributed by atoms with van der Waals surface area (Å²) in [6.45, 7) is 0. The van der Waals surface area contributed by atoms with Crippen LogP contribution >= 0.6 is 0 Å². The molecule has 0 atom stereocenters. The number of nitrogens with one attached hydrogen (secondary N) is 1. The maximum absolute atomic E-state index is 6.56. The van der Waals surface area contributed by atoms with Crippen molar-refractivity contribution < 1.29 is 0 Å². The van der Waals surface area contributed by atoms with Crippen LogP contribution < -0.4 is 0 Å². The standard InChI is InChI=1S/C5H8N2/c6-7-5-3-1-2-4-5/h3,6H,1-2,4H2. The lowest BCUT2D eigenvalue weighted by atomic mass is 10.3. The van der Waals surface area contributed by atoms with Crippen molar-refractivity contribution in [2.24, 2.45) is 5.11 Å². The van der Waals surface area contributed by atoms with Crippen LogP contribution in [0.5, 0.6) is 0 Å². The first-order chi connectivity index (χ1) is 3.43. The van der Waals surface area contributed by atoms with E-state index in [2.05, 4.69) is 5.11 Å². The highest BCUT2D eigenvalue weighted by Crippen LogP contribution is 2.17. The van der Waals surface area contributed by atoms with Gasteiger partial charge < -0.3 is 0 Å². The smallest absolute Gasteiger partial charge is 0.0584 e. The molecule has 38 valence electrons. The third-order valence-electron chi connectivity index (χ3n) is 1.16. The van der Waals surface area contributed by atoms with Crippen molar-refractivity contribution >= 4 is 0 Å². The van der Waals surface area contributed by atoms with E-state index in [0.29, 0.717) is 0 Å². The van der Waals surface area contributed by atoms with Gasteiger partial charge in [-0.05, 0) is 19.3 Å². The van der Waals surface area contributed by atoms with Gasteiger partial charge in [0.25, 0.3) is 0 Å². The van der Waals surface area contributed by atoms with Gasteiger partial charge in [0.2, 0.25) is 0 Å². The minimum atomic E-state index is 0.958. The molecule has 1 rings (SSSR count). The van der Waals surface area contributed by atoms with Crippen molar-refractivity contribution in [1.82, 2.24) is 0 Å². The number of nitrogens with zero attached hydrogens (tertiary/aromatic N) is 1. The normalized spacial score (nSPS) is 19.1. The summed E-state index contributed by atoms with van der Waals surface area (Å²) in [6.07, 6.45) is 5.35. The first kappa shape index (κ1) is 4.50. The first-order valence-electron chi connectivity index (χ1n) is 2.50. The second-order valence-electron chi connectivity index (χ2n) is 1.70. The highest BCUT2D eigenvalue weighted by Gasteiger charge is 1.99. The molecule has 7 heavy (non-hydrogen) atoms. The van der Waals surface area contributed by atoms with Crippen LogP contribution in [-0.2, 0) is 0 Å². The molecule has 0 aliphatic heterocycles. The topological polar surface area (TPSA) is 36.2 Å². The van der Waals surface area contributed by atoms with Gasteiger partial charge in [-0.2, -0.15) is 5.11 Å². The second kappa shape index (κ2) is 1.87. The number of hydrogen-bond acceptors (Lipinski definition) is 2. The SMILES string of the molecule is N=NC1=CCCC1. The average molecular weight is 96.1 g/mol. The van der Waals surface area contributed by atoms with Crippen molar-refractivity contribution in [3.63, 3.8) is 0 Å². The molecular weight excluding hydrogens is 88.1 g/mol. The van der Waals surface area contributed by atoms with Gasteiger partial charge in [0.15, 0.2) is 0 Å². The second-order valence-corrected chi connectivity index (χ2v) is 1.70. The molecule has 0 radical (unpaired) electrons. The summed E-state index contributed by atoms with van der Waals surface area (Å²) in [7, 11) is 0. The van der Waals surface area contributed by atoms with Crippen LogP contribution in [0.25, 0.3) is 0 Å². The van der Waals surface area contributed by atoms with Crippen LogP contribution in [0.2, 0.25) is 0 Å². The molecule has 0 aromatic carbocycles. The predicted molar refractivity (Wildman–Crippen MR) is 27.1 cm³/mol. The fraction of sp³-hybridized carbons (Fsp3) is 0.600. The Morgan fingerprint density at radius 1 is 1.71 bits per heavy atom. The van der Waals surface area contributed by atoms with E-state index in [0.717, 1.165) is 18.5 Å². The lowest BCUT2D eigenvalue weighted by Crippen LogP contribution is -1.63. The van der Waals surface area contributed by atoms with Crippen molar-refractivity contribution in [3.05, 3.63) is 11.8 Å². The molecule has 0 spiro atoms. The van der Waals surface area contributed by atoms with Gasteiger partial charge in [-0.25, -0.2) is 5.53 Å². The molecule has 1 aliphatic carbocycles. The number of hydrogen-bond donors (Lipinski definition) is 1. The third kappa shape index (κ3) is 0.856. The first-order valence-corrected chi connectivity index (χ1v) is 2.50. The molecule has 2 heteroatoms. The zero-order valence-corrected chi connectivity index (χ0v) is 4.15. The van der Waals surface area contributed by atoms with Crippen LogP contribution in [0.4, 0.5) is 0 Å². The molecule has 0 aromatic rings. The van der Waals surface area contributed by atoms with Crippen molar-refractivity contribution in [3.8, 4) is 0 Å². The average Bonchev–Trinajstić information content (AvgIpc) is 2.14. The molecule has 2 nitrogen and oxygen atoms in total. The van der Waals surface area contributed by atoms with Gasteiger partial charge >= 0.3 is 0 Å². The lowest BCUT2D eigenvalue weighted by Gasteiger charge is -1.80. The van der Waals surface area contributed by atoms with E-state index in [1.165, 1.54) is 6.42 Å². The summed E-state index contributed by atoms with van der Waals surface area (Å²) >= 11 is 0. The van der Waals surface area contributed by atoms with E-state index in [1.807, 2.05) is 6.08 Å². The monoisotopic (exact) mass is 96.1 g/mol. The van der Waals surface area contributed by atoms with Gasteiger partial charge in [-0.1, -0.05) is 6.08 Å². The van der Waals surface area contributed by atoms with E-state index < -0.39 is 0 Å². The Morgan fingerprint density at radius 2 is 2.57 bits per heavy atom. The Morgan fingerprint density at radius 3 is 2.86 bits per heavy atom. The van der Waals surface area contributed by atoms with Crippen LogP contribution in [-0.4, -0.2) is 0 Å². The van der Waals surface area contributed by atoms with Gasteiger partial charge in [0.05, 0.1) is 5.70 Å². The van der Waals surface area contributed by atoms with Crippen molar-refractivity contribution in [2.75, 3.05) is 0 Å².